The van der Waals surface area contributed by atoms with Gasteiger partial charge in [-0.1, -0.05) is 13.3 Å². The minimum atomic E-state index is -0.363. The first-order chi connectivity index (χ1) is 22.7. The molecule has 2 aromatic carbocycles. The first-order valence-corrected chi connectivity index (χ1v) is 16.0. The second-order valence-electron chi connectivity index (χ2n) is 9.82. The van der Waals surface area contributed by atoms with Gasteiger partial charge in [-0.05, 0) is 55.0 Å². The topological polar surface area (TPSA) is 129 Å². The lowest BCUT2D eigenvalue weighted by Gasteiger charge is -2.09. The molecular weight excluding hydrogens is 598 g/mol. The summed E-state index contributed by atoms with van der Waals surface area (Å²) >= 11 is 0. The Bertz CT molecular complexity index is 1010. The number of nitrogens with one attached hydrogen (secondary N) is 1. The summed E-state index contributed by atoms with van der Waals surface area (Å²) in [5.74, 6) is 0.337. The van der Waals surface area contributed by atoms with Crippen molar-refractivity contribution in [3.8, 4) is 5.75 Å². The molecule has 12 heteroatoms. The standard InChI is InChI=1S/C34H51NO11/c1-2-3-12-35-32-8-6-31(7-9-32)34(37)46-28-26-44-24-22-42-20-18-40-16-14-38-13-15-39-17-19-41-21-23-43-25-27-45-33-10-4-30(29-36)5-11-33/h4-11,29,35H,2-3,12-28H2,1H3. The molecule has 0 aliphatic carbocycles. The van der Waals surface area contributed by atoms with Crippen molar-refractivity contribution in [2.24, 2.45) is 0 Å². The Morgan fingerprint density at radius 3 is 1.46 bits per heavy atom. The molecule has 0 radical (unpaired) electrons. The van der Waals surface area contributed by atoms with Crippen LogP contribution in [0.15, 0.2) is 48.5 Å². The Hall–Kier alpha value is -3.10. The smallest absolute Gasteiger partial charge is 0.338 e. The quantitative estimate of drug-likeness (QED) is 0.0719. The molecule has 0 bridgehead atoms. The number of rotatable bonds is 31. The zero-order valence-electron chi connectivity index (χ0n) is 27.1. The molecule has 0 aromatic heterocycles. The number of esters is 1. The maximum Gasteiger partial charge on any atom is 0.338 e. The highest BCUT2D eigenvalue weighted by molar-refractivity contribution is 5.89. The fraction of sp³-hybridized carbons (Fsp3) is 0.588. The van der Waals surface area contributed by atoms with Gasteiger partial charge in [0, 0.05) is 17.8 Å². The Morgan fingerprint density at radius 2 is 1.02 bits per heavy atom. The molecule has 2 aromatic rings. The molecule has 0 amide bonds. The highest BCUT2D eigenvalue weighted by Gasteiger charge is 2.07. The minimum absolute atomic E-state index is 0.188. The van der Waals surface area contributed by atoms with E-state index in [0.717, 1.165) is 31.4 Å². The summed E-state index contributed by atoms with van der Waals surface area (Å²) in [5, 5.41) is 3.31. The van der Waals surface area contributed by atoms with E-state index in [2.05, 4.69) is 12.2 Å². The van der Waals surface area contributed by atoms with E-state index in [4.69, 9.17) is 42.6 Å². The van der Waals surface area contributed by atoms with E-state index < -0.39 is 0 Å². The molecule has 0 saturated carbocycles. The monoisotopic (exact) mass is 649 g/mol. The fourth-order valence-corrected chi connectivity index (χ4v) is 3.69. The Kier molecular flexibility index (Phi) is 23.9. The van der Waals surface area contributed by atoms with Crippen LogP contribution in [0.1, 0.15) is 40.5 Å². The Balaban J connectivity index is 1.23. The van der Waals surface area contributed by atoms with E-state index in [-0.39, 0.29) is 12.6 Å². The second-order valence-corrected chi connectivity index (χ2v) is 9.82. The van der Waals surface area contributed by atoms with E-state index >= 15 is 0 Å². The van der Waals surface area contributed by atoms with Crippen LogP contribution in [-0.4, -0.2) is 125 Å². The van der Waals surface area contributed by atoms with Crippen molar-refractivity contribution < 1.29 is 52.2 Å². The predicted octanol–water partition coefficient (Wildman–Crippen LogP) is 4.06. The summed E-state index contributed by atoms with van der Waals surface area (Å²) in [6.45, 7) is 10.1. The van der Waals surface area contributed by atoms with Gasteiger partial charge in [0.25, 0.3) is 0 Å². The summed E-state index contributed by atoms with van der Waals surface area (Å²) in [6.07, 6.45) is 3.04. The lowest BCUT2D eigenvalue weighted by Crippen LogP contribution is -2.15. The van der Waals surface area contributed by atoms with E-state index in [1.165, 1.54) is 0 Å². The SMILES string of the molecule is CCCCNc1ccc(C(=O)OCCOCCOCCOCCOCCOCCOCCOCCOc2ccc(C=O)cc2)cc1. The van der Waals surface area contributed by atoms with Gasteiger partial charge in [-0.25, -0.2) is 4.79 Å². The van der Waals surface area contributed by atoms with E-state index in [1.54, 1.807) is 36.4 Å². The van der Waals surface area contributed by atoms with Crippen molar-refractivity contribution in [2.75, 3.05) is 118 Å². The first-order valence-electron chi connectivity index (χ1n) is 16.0. The van der Waals surface area contributed by atoms with Crippen LogP contribution in [0.2, 0.25) is 0 Å². The first kappa shape index (κ1) is 39.1. The second kappa shape index (κ2) is 28.1. The van der Waals surface area contributed by atoms with Gasteiger partial charge in [0.1, 0.15) is 25.2 Å². The molecule has 0 spiro atoms. The molecule has 0 atom stereocenters. The molecule has 0 fully saturated rings. The maximum atomic E-state index is 12.1. The average Bonchev–Trinajstić information content (AvgIpc) is 3.08. The lowest BCUT2D eigenvalue weighted by atomic mass is 10.2. The van der Waals surface area contributed by atoms with Crippen LogP contribution in [0.4, 0.5) is 5.69 Å². The zero-order valence-corrected chi connectivity index (χ0v) is 27.1. The number of aldehydes is 1. The number of benzene rings is 2. The molecule has 0 saturated heterocycles. The van der Waals surface area contributed by atoms with Gasteiger partial charge in [-0.2, -0.15) is 0 Å². The summed E-state index contributed by atoms with van der Waals surface area (Å²) in [7, 11) is 0. The summed E-state index contributed by atoms with van der Waals surface area (Å²) in [5.41, 5.74) is 2.12. The van der Waals surface area contributed by atoms with Crippen LogP contribution < -0.4 is 10.1 Å². The van der Waals surface area contributed by atoms with Gasteiger partial charge < -0.3 is 47.9 Å². The number of ether oxygens (including phenoxy) is 9. The van der Waals surface area contributed by atoms with Crippen molar-refractivity contribution in [1.82, 2.24) is 0 Å². The Labute approximate surface area is 272 Å². The zero-order chi connectivity index (χ0) is 32.8. The number of anilines is 1. The maximum absolute atomic E-state index is 12.1. The molecule has 12 nitrogen and oxygen atoms in total. The van der Waals surface area contributed by atoms with Gasteiger partial charge in [-0.3, -0.25) is 4.79 Å². The average molecular weight is 650 g/mol. The molecule has 0 heterocycles. The van der Waals surface area contributed by atoms with Gasteiger partial charge in [0.2, 0.25) is 0 Å². The minimum Gasteiger partial charge on any atom is -0.491 e. The van der Waals surface area contributed by atoms with Crippen molar-refractivity contribution in [2.45, 2.75) is 19.8 Å². The van der Waals surface area contributed by atoms with E-state index in [9.17, 15) is 9.59 Å². The van der Waals surface area contributed by atoms with Crippen LogP contribution in [0.25, 0.3) is 0 Å². The molecule has 0 aliphatic rings. The van der Waals surface area contributed by atoms with Crippen molar-refractivity contribution in [1.29, 1.82) is 0 Å². The van der Waals surface area contributed by atoms with Crippen molar-refractivity contribution in [3.63, 3.8) is 0 Å². The predicted molar refractivity (Wildman–Crippen MR) is 173 cm³/mol. The summed E-state index contributed by atoms with van der Waals surface area (Å²) in [6, 6.07) is 14.2. The number of carbonyl (C=O) groups is 2. The van der Waals surface area contributed by atoms with Crippen molar-refractivity contribution in [3.05, 3.63) is 59.7 Å². The molecule has 46 heavy (non-hydrogen) atoms. The number of hydrogen-bond donors (Lipinski definition) is 1. The molecular formula is C34H51NO11. The number of unbranched alkanes of at least 4 members (excludes halogenated alkanes) is 1. The summed E-state index contributed by atoms with van der Waals surface area (Å²) in [4.78, 5) is 22.7. The van der Waals surface area contributed by atoms with Crippen LogP contribution in [0, 0.1) is 0 Å². The van der Waals surface area contributed by atoms with E-state index in [0.29, 0.717) is 116 Å². The van der Waals surface area contributed by atoms with Gasteiger partial charge in [-0.15, -0.1) is 0 Å². The molecule has 0 unspecified atom stereocenters. The van der Waals surface area contributed by atoms with Gasteiger partial charge >= 0.3 is 5.97 Å². The third-order valence-electron chi connectivity index (χ3n) is 6.19. The highest BCUT2D eigenvalue weighted by Crippen LogP contribution is 2.11. The van der Waals surface area contributed by atoms with Gasteiger partial charge in [0.05, 0.1) is 98.1 Å². The third kappa shape index (κ3) is 20.8. The largest absolute Gasteiger partial charge is 0.491 e. The summed E-state index contributed by atoms with van der Waals surface area (Å²) < 4.78 is 49.0. The molecule has 2 rings (SSSR count). The number of carbonyl (C=O) groups excluding carboxylic acids is 2. The highest BCUT2D eigenvalue weighted by atomic mass is 16.6. The fourth-order valence-electron chi connectivity index (χ4n) is 3.69. The van der Waals surface area contributed by atoms with Gasteiger partial charge in [0.15, 0.2) is 0 Å². The third-order valence-corrected chi connectivity index (χ3v) is 6.19. The normalized spacial score (nSPS) is 11.0. The molecule has 0 aliphatic heterocycles. The van der Waals surface area contributed by atoms with Crippen LogP contribution in [0.5, 0.6) is 5.75 Å². The lowest BCUT2D eigenvalue weighted by molar-refractivity contribution is -0.0228. The van der Waals surface area contributed by atoms with Crippen LogP contribution in [0.3, 0.4) is 0 Å². The van der Waals surface area contributed by atoms with Crippen LogP contribution >= 0.6 is 0 Å². The number of hydrogen-bond acceptors (Lipinski definition) is 12. The molecule has 258 valence electrons. The van der Waals surface area contributed by atoms with Crippen LogP contribution in [-0.2, 0) is 37.9 Å². The Morgan fingerprint density at radius 1 is 0.587 bits per heavy atom. The van der Waals surface area contributed by atoms with Crippen molar-refractivity contribution >= 4 is 17.9 Å². The molecule has 1 N–H and O–H groups in total. The van der Waals surface area contributed by atoms with E-state index in [1.807, 2.05) is 12.1 Å².